The van der Waals surface area contributed by atoms with Crippen molar-refractivity contribution in [3.8, 4) is 0 Å². The van der Waals surface area contributed by atoms with Crippen LogP contribution in [0.15, 0.2) is 42.5 Å². The first kappa shape index (κ1) is 14.6. The van der Waals surface area contributed by atoms with Crippen molar-refractivity contribution in [2.24, 2.45) is 0 Å². The van der Waals surface area contributed by atoms with Gasteiger partial charge in [-0.25, -0.2) is 0 Å². The Morgan fingerprint density at radius 3 is 2.43 bits per heavy atom. The van der Waals surface area contributed by atoms with E-state index in [4.69, 9.17) is 5.73 Å². The Bertz CT molecular complexity index is 696. The summed E-state index contributed by atoms with van der Waals surface area (Å²) in [6.45, 7) is 1.79. The Morgan fingerprint density at radius 1 is 1.05 bits per heavy atom. The molecule has 5 nitrogen and oxygen atoms in total. The Hall–Kier alpha value is -2.82. The van der Waals surface area contributed by atoms with Crippen LogP contribution in [0, 0.1) is 6.92 Å². The Kier molecular flexibility index (Phi) is 4.23. The first-order valence-electron chi connectivity index (χ1n) is 6.51. The van der Waals surface area contributed by atoms with Crippen molar-refractivity contribution in [2.45, 2.75) is 6.92 Å². The summed E-state index contributed by atoms with van der Waals surface area (Å²) in [6.07, 6.45) is 0. The molecule has 5 heteroatoms. The topological polar surface area (TPSA) is 84.2 Å². The van der Waals surface area contributed by atoms with Crippen molar-refractivity contribution < 1.29 is 9.59 Å². The number of rotatable bonds is 3. The van der Waals surface area contributed by atoms with Crippen LogP contribution < -0.4 is 16.4 Å². The van der Waals surface area contributed by atoms with Gasteiger partial charge in [0.2, 0.25) is 0 Å². The summed E-state index contributed by atoms with van der Waals surface area (Å²) in [5.74, 6) is -0.452. The first-order valence-corrected chi connectivity index (χ1v) is 6.51. The number of anilines is 2. The molecule has 0 aliphatic rings. The van der Waals surface area contributed by atoms with Gasteiger partial charge < -0.3 is 16.4 Å². The zero-order valence-electron chi connectivity index (χ0n) is 11.9. The minimum atomic E-state index is -0.264. The third-order valence-corrected chi connectivity index (χ3v) is 3.20. The van der Waals surface area contributed by atoms with Gasteiger partial charge in [-0.05, 0) is 42.8 Å². The van der Waals surface area contributed by atoms with Crippen molar-refractivity contribution in [3.05, 3.63) is 59.2 Å². The highest BCUT2D eigenvalue weighted by Gasteiger charge is 2.13. The van der Waals surface area contributed by atoms with E-state index in [0.29, 0.717) is 28.1 Å². The number of nitrogens with two attached hydrogens (primary N) is 1. The number of carbonyl (C=O) groups excluding carboxylic acids is 2. The first-order chi connectivity index (χ1) is 10.0. The molecule has 0 radical (unpaired) electrons. The molecular weight excluding hydrogens is 266 g/mol. The number of hydrogen-bond donors (Lipinski definition) is 3. The average molecular weight is 283 g/mol. The molecule has 0 saturated heterocycles. The van der Waals surface area contributed by atoms with Crippen LogP contribution in [-0.4, -0.2) is 18.9 Å². The molecule has 0 unspecified atom stereocenters. The summed E-state index contributed by atoms with van der Waals surface area (Å²) in [6, 6.07) is 11.9. The lowest BCUT2D eigenvalue weighted by molar-refractivity contribution is 0.0960. The lowest BCUT2D eigenvalue weighted by Crippen LogP contribution is -2.20. The van der Waals surface area contributed by atoms with Crippen molar-refractivity contribution in [2.75, 3.05) is 18.1 Å². The van der Waals surface area contributed by atoms with Gasteiger partial charge in [0, 0.05) is 29.5 Å². The summed E-state index contributed by atoms with van der Waals surface area (Å²) >= 11 is 0. The number of nitrogen functional groups attached to an aromatic ring is 1. The second-order valence-corrected chi connectivity index (χ2v) is 4.64. The van der Waals surface area contributed by atoms with Crippen LogP contribution in [0.25, 0.3) is 0 Å². The van der Waals surface area contributed by atoms with Gasteiger partial charge in [-0.15, -0.1) is 0 Å². The monoisotopic (exact) mass is 283 g/mol. The average Bonchev–Trinajstić information content (AvgIpc) is 2.48. The Morgan fingerprint density at radius 2 is 1.76 bits per heavy atom. The predicted octanol–water partition coefficient (Wildman–Crippen LogP) is 2.19. The SMILES string of the molecule is CNC(=O)c1cccc(NC(=O)c2cccc(N)c2)c1C. The maximum absolute atomic E-state index is 12.2. The van der Waals surface area contributed by atoms with Gasteiger partial charge in [0.15, 0.2) is 0 Å². The highest BCUT2D eigenvalue weighted by molar-refractivity contribution is 6.06. The van der Waals surface area contributed by atoms with Gasteiger partial charge in [0.05, 0.1) is 0 Å². The molecule has 0 aromatic heterocycles. The molecular formula is C16H17N3O2. The molecule has 2 aromatic rings. The van der Waals surface area contributed by atoms with Gasteiger partial charge in [-0.3, -0.25) is 9.59 Å². The molecule has 0 aliphatic carbocycles. The number of nitrogens with one attached hydrogen (secondary N) is 2. The van der Waals surface area contributed by atoms with Gasteiger partial charge in [-0.2, -0.15) is 0 Å². The van der Waals surface area contributed by atoms with Crippen molar-refractivity contribution in [3.63, 3.8) is 0 Å². The second kappa shape index (κ2) is 6.09. The highest BCUT2D eigenvalue weighted by Crippen LogP contribution is 2.20. The third-order valence-electron chi connectivity index (χ3n) is 3.20. The van der Waals surface area contributed by atoms with E-state index in [0.717, 1.165) is 0 Å². The van der Waals surface area contributed by atoms with E-state index in [2.05, 4.69) is 10.6 Å². The summed E-state index contributed by atoms with van der Waals surface area (Å²) in [7, 11) is 1.57. The van der Waals surface area contributed by atoms with Gasteiger partial charge in [0.25, 0.3) is 11.8 Å². The fourth-order valence-electron chi connectivity index (χ4n) is 2.03. The van der Waals surface area contributed by atoms with Crippen molar-refractivity contribution in [1.29, 1.82) is 0 Å². The van der Waals surface area contributed by atoms with Gasteiger partial charge >= 0.3 is 0 Å². The van der Waals surface area contributed by atoms with Crippen LogP contribution in [0.3, 0.4) is 0 Å². The standard InChI is InChI=1S/C16H17N3O2/c1-10-13(16(21)18-2)7-4-8-14(10)19-15(20)11-5-3-6-12(17)9-11/h3-9H,17H2,1-2H3,(H,18,21)(H,19,20). The molecule has 0 bridgehead atoms. The smallest absolute Gasteiger partial charge is 0.255 e. The molecule has 0 atom stereocenters. The van der Waals surface area contributed by atoms with Crippen LogP contribution in [0.1, 0.15) is 26.3 Å². The molecule has 2 amide bonds. The molecule has 0 heterocycles. The fourth-order valence-corrected chi connectivity index (χ4v) is 2.03. The summed E-state index contributed by atoms with van der Waals surface area (Å²) < 4.78 is 0. The summed E-state index contributed by atoms with van der Waals surface area (Å²) in [5, 5.41) is 5.37. The van der Waals surface area contributed by atoms with E-state index < -0.39 is 0 Å². The van der Waals surface area contributed by atoms with Crippen LogP contribution in [-0.2, 0) is 0 Å². The maximum atomic E-state index is 12.2. The molecule has 21 heavy (non-hydrogen) atoms. The molecule has 0 spiro atoms. The number of amides is 2. The molecule has 2 aromatic carbocycles. The second-order valence-electron chi connectivity index (χ2n) is 4.64. The molecule has 0 fully saturated rings. The third kappa shape index (κ3) is 3.20. The molecule has 2 rings (SSSR count). The lowest BCUT2D eigenvalue weighted by atomic mass is 10.1. The molecule has 108 valence electrons. The van der Waals surface area contributed by atoms with E-state index in [-0.39, 0.29) is 11.8 Å². The van der Waals surface area contributed by atoms with Crippen molar-refractivity contribution in [1.82, 2.24) is 5.32 Å². The van der Waals surface area contributed by atoms with Crippen molar-refractivity contribution >= 4 is 23.2 Å². The van der Waals surface area contributed by atoms with Gasteiger partial charge in [0.1, 0.15) is 0 Å². The van der Waals surface area contributed by atoms with Crippen LogP contribution in [0.4, 0.5) is 11.4 Å². The zero-order chi connectivity index (χ0) is 15.4. The summed E-state index contributed by atoms with van der Waals surface area (Å²) in [4.78, 5) is 23.9. The minimum absolute atomic E-state index is 0.187. The number of benzene rings is 2. The zero-order valence-corrected chi connectivity index (χ0v) is 11.9. The minimum Gasteiger partial charge on any atom is -0.399 e. The maximum Gasteiger partial charge on any atom is 0.255 e. The summed E-state index contributed by atoms with van der Waals surface area (Å²) in [5.41, 5.74) is 8.51. The van der Waals surface area contributed by atoms with Crippen LogP contribution in [0.5, 0.6) is 0 Å². The van der Waals surface area contributed by atoms with E-state index >= 15 is 0 Å². The van der Waals surface area contributed by atoms with Gasteiger partial charge in [-0.1, -0.05) is 12.1 Å². The normalized spacial score (nSPS) is 10.0. The fraction of sp³-hybridized carbons (Fsp3) is 0.125. The molecule has 0 saturated carbocycles. The quantitative estimate of drug-likeness (QED) is 0.755. The highest BCUT2D eigenvalue weighted by atomic mass is 16.2. The predicted molar refractivity (Wildman–Crippen MR) is 83.4 cm³/mol. The lowest BCUT2D eigenvalue weighted by Gasteiger charge is -2.12. The van der Waals surface area contributed by atoms with Crippen LogP contribution in [0.2, 0.25) is 0 Å². The van der Waals surface area contributed by atoms with E-state index in [9.17, 15) is 9.59 Å². The van der Waals surface area contributed by atoms with E-state index in [1.807, 2.05) is 0 Å². The molecule has 4 N–H and O–H groups in total. The number of carbonyl (C=O) groups is 2. The largest absolute Gasteiger partial charge is 0.399 e. The Labute approximate surface area is 123 Å². The molecule has 0 aliphatic heterocycles. The van der Waals surface area contributed by atoms with Crippen LogP contribution >= 0.6 is 0 Å². The Balaban J connectivity index is 2.28. The number of hydrogen-bond acceptors (Lipinski definition) is 3. The van der Waals surface area contributed by atoms with E-state index in [1.54, 1.807) is 56.4 Å². The van der Waals surface area contributed by atoms with E-state index in [1.165, 1.54) is 0 Å².